The first-order valence-electron chi connectivity index (χ1n) is 4.78. The molecular weight excluding hydrogens is 254 g/mol. The maximum Gasteiger partial charge on any atom is 0.101 e. The van der Waals surface area contributed by atoms with E-state index in [1.807, 2.05) is 18.2 Å². The second kappa shape index (κ2) is 5.09. The summed E-state index contributed by atoms with van der Waals surface area (Å²) in [5.41, 5.74) is 6.98. The van der Waals surface area contributed by atoms with Crippen molar-refractivity contribution in [3.63, 3.8) is 0 Å². The van der Waals surface area contributed by atoms with Crippen LogP contribution in [-0.2, 0) is 0 Å². The van der Waals surface area contributed by atoms with Crippen LogP contribution >= 0.6 is 23.4 Å². The van der Waals surface area contributed by atoms with Gasteiger partial charge in [0, 0.05) is 16.8 Å². The molecule has 17 heavy (non-hydrogen) atoms. The SMILES string of the molecule is N#Cc1ccc(Sc2ccc(Cl)cn2)c(N)c1. The normalized spacial score (nSPS) is 9.88. The van der Waals surface area contributed by atoms with Crippen LogP contribution < -0.4 is 5.73 Å². The van der Waals surface area contributed by atoms with Gasteiger partial charge in [0.25, 0.3) is 0 Å². The van der Waals surface area contributed by atoms with Crippen molar-refractivity contribution in [3.8, 4) is 6.07 Å². The fourth-order valence-electron chi connectivity index (χ4n) is 1.25. The minimum Gasteiger partial charge on any atom is -0.398 e. The molecule has 0 saturated heterocycles. The van der Waals surface area contributed by atoms with Gasteiger partial charge in [0.2, 0.25) is 0 Å². The van der Waals surface area contributed by atoms with Crippen molar-refractivity contribution >= 4 is 29.1 Å². The van der Waals surface area contributed by atoms with Gasteiger partial charge in [-0.1, -0.05) is 23.4 Å². The molecule has 2 aromatic rings. The zero-order valence-electron chi connectivity index (χ0n) is 8.72. The maximum atomic E-state index is 8.73. The first-order chi connectivity index (χ1) is 8.19. The number of halogens is 1. The van der Waals surface area contributed by atoms with E-state index in [1.165, 1.54) is 11.8 Å². The summed E-state index contributed by atoms with van der Waals surface area (Å²) in [5, 5.41) is 10.1. The van der Waals surface area contributed by atoms with E-state index in [9.17, 15) is 0 Å². The molecule has 84 valence electrons. The molecule has 0 fully saturated rings. The summed E-state index contributed by atoms with van der Waals surface area (Å²) in [6.07, 6.45) is 1.59. The number of pyridine rings is 1. The van der Waals surface area contributed by atoms with E-state index in [4.69, 9.17) is 22.6 Å². The van der Waals surface area contributed by atoms with E-state index in [2.05, 4.69) is 4.98 Å². The Morgan fingerprint density at radius 3 is 2.71 bits per heavy atom. The molecule has 0 radical (unpaired) electrons. The van der Waals surface area contributed by atoms with Crippen LogP contribution in [-0.4, -0.2) is 4.98 Å². The summed E-state index contributed by atoms with van der Waals surface area (Å²) >= 11 is 7.19. The van der Waals surface area contributed by atoms with Crippen molar-refractivity contribution in [2.75, 3.05) is 5.73 Å². The van der Waals surface area contributed by atoms with E-state index in [-0.39, 0.29) is 0 Å². The molecule has 5 heteroatoms. The Labute approximate surface area is 108 Å². The number of benzene rings is 1. The van der Waals surface area contributed by atoms with E-state index in [0.29, 0.717) is 16.3 Å². The zero-order valence-corrected chi connectivity index (χ0v) is 10.3. The molecular formula is C12H8ClN3S. The topological polar surface area (TPSA) is 62.7 Å². The number of anilines is 1. The summed E-state index contributed by atoms with van der Waals surface area (Å²) < 4.78 is 0. The number of nitrogens with two attached hydrogens (primary N) is 1. The van der Waals surface area contributed by atoms with Gasteiger partial charge in [0.05, 0.1) is 16.7 Å². The number of hydrogen-bond donors (Lipinski definition) is 1. The average molecular weight is 262 g/mol. The van der Waals surface area contributed by atoms with E-state index >= 15 is 0 Å². The van der Waals surface area contributed by atoms with Crippen LogP contribution in [0, 0.1) is 11.3 Å². The van der Waals surface area contributed by atoms with Gasteiger partial charge < -0.3 is 5.73 Å². The predicted molar refractivity (Wildman–Crippen MR) is 68.9 cm³/mol. The maximum absolute atomic E-state index is 8.73. The first kappa shape index (κ1) is 11.8. The lowest BCUT2D eigenvalue weighted by Gasteiger charge is -2.04. The van der Waals surface area contributed by atoms with Gasteiger partial charge in [-0.15, -0.1) is 0 Å². The molecule has 1 aromatic heterocycles. The van der Waals surface area contributed by atoms with Crippen LogP contribution in [0.1, 0.15) is 5.56 Å². The molecule has 0 amide bonds. The lowest BCUT2D eigenvalue weighted by molar-refractivity contribution is 1.13. The van der Waals surface area contributed by atoms with E-state index < -0.39 is 0 Å². The van der Waals surface area contributed by atoms with Crippen LogP contribution in [0.25, 0.3) is 0 Å². The largest absolute Gasteiger partial charge is 0.398 e. The summed E-state index contributed by atoms with van der Waals surface area (Å²) in [4.78, 5) is 5.04. The van der Waals surface area contributed by atoms with Crippen LogP contribution in [0.2, 0.25) is 5.02 Å². The Hall–Kier alpha value is -1.70. The zero-order chi connectivity index (χ0) is 12.3. The molecule has 0 unspecified atom stereocenters. The van der Waals surface area contributed by atoms with E-state index in [0.717, 1.165) is 9.92 Å². The molecule has 2 N–H and O–H groups in total. The van der Waals surface area contributed by atoms with Crippen molar-refractivity contribution in [1.29, 1.82) is 5.26 Å². The lowest BCUT2D eigenvalue weighted by Crippen LogP contribution is -1.90. The Morgan fingerprint density at radius 2 is 2.12 bits per heavy atom. The molecule has 3 nitrogen and oxygen atoms in total. The van der Waals surface area contributed by atoms with Gasteiger partial charge in [-0.25, -0.2) is 4.98 Å². The summed E-state index contributed by atoms with van der Waals surface area (Å²) in [6.45, 7) is 0. The highest BCUT2D eigenvalue weighted by Crippen LogP contribution is 2.31. The van der Waals surface area contributed by atoms with Crippen LogP contribution in [0.5, 0.6) is 0 Å². The molecule has 0 bridgehead atoms. The fourth-order valence-corrected chi connectivity index (χ4v) is 2.14. The van der Waals surface area contributed by atoms with Crippen molar-refractivity contribution in [2.24, 2.45) is 0 Å². The fraction of sp³-hybridized carbons (Fsp3) is 0. The number of hydrogen-bond acceptors (Lipinski definition) is 4. The Morgan fingerprint density at radius 1 is 1.29 bits per heavy atom. The van der Waals surface area contributed by atoms with Gasteiger partial charge in [0.1, 0.15) is 5.03 Å². The monoisotopic (exact) mass is 261 g/mol. The summed E-state index contributed by atoms with van der Waals surface area (Å²) in [7, 11) is 0. The number of aromatic nitrogens is 1. The molecule has 0 atom stereocenters. The third kappa shape index (κ3) is 2.90. The highest BCUT2D eigenvalue weighted by Gasteiger charge is 2.04. The molecule has 2 rings (SSSR count). The minimum absolute atomic E-state index is 0.552. The van der Waals surface area contributed by atoms with Crippen molar-refractivity contribution < 1.29 is 0 Å². The Balaban J connectivity index is 2.25. The van der Waals surface area contributed by atoms with Gasteiger partial charge in [0.15, 0.2) is 0 Å². The van der Waals surface area contributed by atoms with Gasteiger partial charge in [-0.2, -0.15) is 5.26 Å². The summed E-state index contributed by atoms with van der Waals surface area (Å²) in [6, 6.07) is 10.8. The Bertz CT molecular complexity index is 575. The standard InChI is InChI=1S/C12H8ClN3S/c13-9-2-4-12(16-7-9)17-11-3-1-8(6-14)5-10(11)15/h1-5,7H,15H2. The molecule has 0 saturated carbocycles. The third-order valence-corrected chi connectivity index (χ3v) is 3.32. The quantitative estimate of drug-likeness (QED) is 0.842. The predicted octanol–water partition coefficient (Wildman–Crippen LogP) is 3.34. The lowest BCUT2D eigenvalue weighted by atomic mass is 10.2. The van der Waals surface area contributed by atoms with Crippen molar-refractivity contribution in [2.45, 2.75) is 9.92 Å². The number of rotatable bonds is 2. The first-order valence-corrected chi connectivity index (χ1v) is 5.97. The van der Waals surface area contributed by atoms with Crippen molar-refractivity contribution in [3.05, 3.63) is 47.1 Å². The molecule has 1 heterocycles. The highest BCUT2D eigenvalue weighted by atomic mass is 35.5. The summed E-state index contributed by atoms with van der Waals surface area (Å²) in [5.74, 6) is 0. The second-order valence-electron chi connectivity index (χ2n) is 3.28. The molecule has 0 aliphatic carbocycles. The second-order valence-corrected chi connectivity index (χ2v) is 4.78. The van der Waals surface area contributed by atoms with Gasteiger partial charge >= 0.3 is 0 Å². The number of nitriles is 1. The van der Waals surface area contributed by atoms with Gasteiger partial charge in [-0.3, -0.25) is 0 Å². The molecule has 0 aliphatic heterocycles. The number of nitrogens with zero attached hydrogens (tertiary/aromatic N) is 2. The Kier molecular flexibility index (Phi) is 3.52. The molecule has 0 spiro atoms. The third-order valence-electron chi connectivity index (χ3n) is 2.05. The van der Waals surface area contributed by atoms with Gasteiger partial charge in [-0.05, 0) is 30.3 Å². The van der Waals surface area contributed by atoms with Crippen LogP contribution in [0.15, 0.2) is 46.5 Å². The smallest absolute Gasteiger partial charge is 0.101 e. The van der Waals surface area contributed by atoms with Crippen LogP contribution in [0.4, 0.5) is 5.69 Å². The minimum atomic E-state index is 0.552. The van der Waals surface area contributed by atoms with E-state index in [1.54, 1.807) is 24.4 Å². The molecule has 1 aromatic carbocycles. The highest BCUT2D eigenvalue weighted by molar-refractivity contribution is 7.99. The van der Waals surface area contributed by atoms with Crippen LogP contribution in [0.3, 0.4) is 0 Å². The number of nitrogen functional groups attached to an aromatic ring is 1. The average Bonchev–Trinajstić information content (AvgIpc) is 2.34. The molecule has 0 aliphatic rings. The van der Waals surface area contributed by atoms with Crippen molar-refractivity contribution in [1.82, 2.24) is 4.98 Å².